The smallest absolute Gasteiger partial charge is 0.328 e. The lowest BCUT2D eigenvalue weighted by molar-refractivity contribution is -0.131. The lowest BCUT2D eigenvalue weighted by Gasteiger charge is -1.96. The van der Waals surface area contributed by atoms with Crippen molar-refractivity contribution in [2.24, 2.45) is 0 Å². The molecule has 0 atom stereocenters. The van der Waals surface area contributed by atoms with E-state index in [4.69, 9.17) is 9.84 Å². The van der Waals surface area contributed by atoms with Crippen LogP contribution in [0.3, 0.4) is 0 Å². The number of hydrogen-bond acceptors (Lipinski definition) is 2. The van der Waals surface area contributed by atoms with Gasteiger partial charge in [0.05, 0.1) is 6.26 Å². The third kappa shape index (κ3) is 4.11. The van der Waals surface area contributed by atoms with Crippen LogP contribution in [0.25, 0.3) is 0 Å². The number of allylic oxidation sites excluding steroid dienone is 2. The molecule has 0 radical (unpaired) electrons. The van der Waals surface area contributed by atoms with Gasteiger partial charge in [0.2, 0.25) is 0 Å². The van der Waals surface area contributed by atoms with Crippen LogP contribution in [0.2, 0.25) is 0 Å². The van der Waals surface area contributed by atoms with E-state index < -0.39 is 5.97 Å². The van der Waals surface area contributed by atoms with Crippen molar-refractivity contribution in [3.05, 3.63) is 54.8 Å². The SMILES string of the molecule is O=C(O)/C=C/C=C/Oc1ccccc1. The Morgan fingerprint density at radius 2 is 1.93 bits per heavy atom. The van der Waals surface area contributed by atoms with Gasteiger partial charge in [0.15, 0.2) is 0 Å². The Morgan fingerprint density at radius 1 is 1.21 bits per heavy atom. The molecule has 1 aromatic rings. The number of aliphatic carboxylic acids is 1. The first kappa shape index (κ1) is 10.1. The van der Waals surface area contributed by atoms with Crippen LogP contribution < -0.4 is 4.74 Å². The predicted octanol–water partition coefficient (Wildman–Crippen LogP) is 2.22. The van der Waals surface area contributed by atoms with Crippen molar-refractivity contribution in [1.82, 2.24) is 0 Å². The molecule has 3 nitrogen and oxygen atoms in total. The van der Waals surface area contributed by atoms with Gasteiger partial charge in [0, 0.05) is 6.08 Å². The summed E-state index contributed by atoms with van der Waals surface area (Å²) in [6, 6.07) is 9.23. The zero-order valence-electron chi connectivity index (χ0n) is 7.46. The molecule has 1 N–H and O–H groups in total. The van der Waals surface area contributed by atoms with Crippen LogP contribution in [-0.2, 0) is 4.79 Å². The van der Waals surface area contributed by atoms with Gasteiger partial charge in [-0.25, -0.2) is 4.79 Å². The first-order valence-corrected chi connectivity index (χ1v) is 4.07. The summed E-state index contributed by atoms with van der Waals surface area (Å²) in [5.41, 5.74) is 0. The minimum absolute atomic E-state index is 0.715. The van der Waals surface area contributed by atoms with Crippen molar-refractivity contribution in [2.75, 3.05) is 0 Å². The van der Waals surface area contributed by atoms with Gasteiger partial charge >= 0.3 is 5.97 Å². The molecule has 0 unspecified atom stereocenters. The minimum atomic E-state index is -0.977. The van der Waals surface area contributed by atoms with Crippen molar-refractivity contribution in [3.63, 3.8) is 0 Å². The summed E-state index contributed by atoms with van der Waals surface area (Å²) in [5, 5.41) is 8.27. The maximum atomic E-state index is 10.1. The van der Waals surface area contributed by atoms with Crippen LogP contribution in [0.15, 0.2) is 54.8 Å². The molecule has 1 rings (SSSR count). The Balaban J connectivity index is 2.38. The summed E-state index contributed by atoms with van der Waals surface area (Å²) in [6.45, 7) is 0. The summed E-state index contributed by atoms with van der Waals surface area (Å²) in [6.07, 6.45) is 5.37. The summed E-state index contributed by atoms with van der Waals surface area (Å²) in [5.74, 6) is -0.262. The molecule has 0 bridgehead atoms. The molecule has 3 heteroatoms. The summed E-state index contributed by atoms with van der Waals surface area (Å²) < 4.78 is 5.16. The molecule has 0 aliphatic heterocycles. The Labute approximate surface area is 81.9 Å². The van der Waals surface area contributed by atoms with Crippen LogP contribution in [0.5, 0.6) is 5.75 Å². The highest BCUT2D eigenvalue weighted by molar-refractivity contribution is 5.80. The molecule has 0 fully saturated rings. The molecule has 0 saturated heterocycles. The van der Waals surface area contributed by atoms with E-state index in [0.29, 0.717) is 5.75 Å². The number of hydrogen-bond donors (Lipinski definition) is 1. The van der Waals surface area contributed by atoms with Gasteiger partial charge in [-0.3, -0.25) is 0 Å². The third-order valence-corrected chi connectivity index (χ3v) is 1.38. The molecule has 0 amide bonds. The van der Waals surface area contributed by atoms with Crippen LogP contribution in [0.4, 0.5) is 0 Å². The van der Waals surface area contributed by atoms with E-state index in [-0.39, 0.29) is 0 Å². The number of benzene rings is 1. The van der Waals surface area contributed by atoms with E-state index in [2.05, 4.69) is 0 Å². The van der Waals surface area contributed by atoms with Crippen LogP contribution >= 0.6 is 0 Å². The first-order valence-electron chi connectivity index (χ1n) is 4.07. The maximum absolute atomic E-state index is 10.1. The van der Waals surface area contributed by atoms with Crippen LogP contribution in [0.1, 0.15) is 0 Å². The second-order valence-electron chi connectivity index (χ2n) is 2.46. The fourth-order valence-corrected chi connectivity index (χ4v) is 0.800. The number of carboxylic acids is 1. The van der Waals surface area contributed by atoms with Gasteiger partial charge in [0.25, 0.3) is 0 Å². The monoisotopic (exact) mass is 190 g/mol. The Morgan fingerprint density at radius 3 is 2.57 bits per heavy atom. The molecule has 0 spiro atoms. The number of carboxylic acid groups (broad SMARTS) is 1. The molecule has 1 aromatic carbocycles. The summed E-state index contributed by atoms with van der Waals surface area (Å²) >= 11 is 0. The molecule has 14 heavy (non-hydrogen) atoms. The number of rotatable bonds is 4. The molecule has 0 aliphatic carbocycles. The molecule has 0 aromatic heterocycles. The highest BCUT2D eigenvalue weighted by Crippen LogP contribution is 2.07. The van der Waals surface area contributed by atoms with Gasteiger partial charge in [-0.2, -0.15) is 0 Å². The third-order valence-electron chi connectivity index (χ3n) is 1.38. The van der Waals surface area contributed by atoms with E-state index in [1.54, 1.807) is 0 Å². The summed E-state index contributed by atoms with van der Waals surface area (Å²) in [7, 11) is 0. The van der Waals surface area contributed by atoms with Crippen LogP contribution in [0, 0.1) is 0 Å². The summed E-state index contributed by atoms with van der Waals surface area (Å²) in [4.78, 5) is 10.1. The largest absolute Gasteiger partial charge is 0.478 e. The van der Waals surface area contributed by atoms with Crippen molar-refractivity contribution < 1.29 is 14.6 Å². The quantitative estimate of drug-likeness (QED) is 0.450. The Bertz CT molecular complexity index is 339. The fourth-order valence-electron chi connectivity index (χ4n) is 0.800. The molecule has 0 heterocycles. The van der Waals surface area contributed by atoms with Gasteiger partial charge in [-0.1, -0.05) is 24.3 Å². The van der Waals surface area contributed by atoms with Crippen LogP contribution in [-0.4, -0.2) is 11.1 Å². The molecule has 0 aliphatic rings. The lowest BCUT2D eigenvalue weighted by Crippen LogP contribution is -1.84. The molecule has 72 valence electrons. The van der Waals surface area contributed by atoms with Crippen molar-refractivity contribution in [1.29, 1.82) is 0 Å². The Hall–Kier alpha value is -2.03. The normalized spacial score (nSPS) is 10.9. The number of ether oxygens (including phenoxy) is 1. The molecule has 0 saturated carbocycles. The highest BCUT2D eigenvalue weighted by atomic mass is 16.5. The zero-order valence-corrected chi connectivity index (χ0v) is 7.46. The average Bonchev–Trinajstić information content (AvgIpc) is 2.18. The van der Waals surface area contributed by atoms with Crippen molar-refractivity contribution in [3.8, 4) is 5.75 Å². The Kier molecular flexibility index (Phi) is 4.01. The van der Waals surface area contributed by atoms with Gasteiger partial charge in [-0.05, 0) is 18.2 Å². The standard InChI is InChI=1S/C11H10O3/c12-11(13)8-4-5-9-14-10-6-2-1-3-7-10/h1-9H,(H,12,13)/b8-4+,9-5+. The van der Waals surface area contributed by atoms with E-state index in [0.717, 1.165) is 6.08 Å². The fraction of sp³-hybridized carbons (Fsp3) is 0. The lowest BCUT2D eigenvalue weighted by atomic mass is 10.3. The average molecular weight is 190 g/mol. The predicted molar refractivity (Wildman–Crippen MR) is 53.0 cm³/mol. The van der Waals surface area contributed by atoms with E-state index >= 15 is 0 Å². The number of para-hydroxylation sites is 1. The minimum Gasteiger partial charge on any atom is -0.478 e. The van der Waals surface area contributed by atoms with Gasteiger partial charge in [-0.15, -0.1) is 0 Å². The molecular weight excluding hydrogens is 180 g/mol. The second kappa shape index (κ2) is 5.59. The zero-order chi connectivity index (χ0) is 10.2. The molecular formula is C11H10O3. The van der Waals surface area contributed by atoms with E-state index in [1.807, 2.05) is 30.3 Å². The van der Waals surface area contributed by atoms with Crippen molar-refractivity contribution >= 4 is 5.97 Å². The highest BCUT2D eigenvalue weighted by Gasteiger charge is 1.84. The number of carbonyl (C=O) groups is 1. The van der Waals surface area contributed by atoms with E-state index in [9.17, 15) is 4.79 Å². The van der Waals surface area contributed by atoms with E-state index in [1.165, 1.54) is 18.4 Å². The van der Waals surface area contributed by atoms with Gasteiger partial charge in [0.1, 0.15) is 5.75 Å². The first-order chi connectivity index (χ1) is 6.79. The van der Waals surface area contributed by atoms with Gasteiger partial charge < -0.3 is 9.84 Å². The maximum Gasteiger partial charge on any atom is 0.328 e. The van der Waals surface area contributed by atoms with Crippen molar-refractivity contribution in [2.45, 2.75) is 0 Å². The second-order valence-corrected chi connectivity index (χ2v) is 2.46. The topological polar surface area (TPSA) is 46.5 Å².